The lowest BCUT2D eigenvalue weighted by Gasteiger charge is -2.22. The summed E-state index contributed by atoms with van der Waals surface area (Å²) in [6, 6.07) is 0. The molecule has 1 unspecified atom stereocenters. The number of carbonyl (C=O) groups is 1. The molecule has 0 saturated carbocycles. The maximum Gasteiger partial charge on any atom is 0.158 e. The van der Waals surface area contributed by atoms with Crippen LogP contribution in [-0.4, -0.2) is 31.6 Å². The van der Waals surface area contributed by atoms with Gasteiger partial charge in [-0.2, -0.15) is 0 Å². The number of nitrogens with one attached hydrogen (secondary N) is 1. The number of Topliss-reactive ketones (excluding diaryl/α,β-unsaturated/α-hetero) is 1. The van der Waals surface area contributed by atoms with E-state index in [2.05, 4.69) is 19.2 Å². The molecule has 0 spiro atoms. The fourth-order valence-corrected chi connectivity index (χ4v) is 1.76. The number of hydrogen-bond donors (Lipinski definition) is 1. The summed E-state index contributed by atoms with van der Waals surface area (Å²) in [4.78, 5) is 11.5. The smallest absolute Gasteiger partial charge is 0.158 e. The van der Waals surface area contributed by atoms with E-state index in [4.69, 9.17) is 4.74 Å². The molecule has 15 heavy (non-hydrogen) atoms. The molecule has 1 saturated heterocycles. The Kier molecular flexibility index (Phi) is 5.88. The van der Waals surface area contributed by atoms with Gasteiger partial charge in [-0.25, -0.2) is 0 Å². The van der Waals surface area contributed by atoms with E-state index in [1.807, 2.05) is 0 Å². The first-order chi connectivity index (χ1) is 7.22. The van der Waals surface area contributed by atoms with Crippen molar-refractivity contribution < 1.29 is 9.53 Å². The number of carbonyl (C=O) groups excluding carboxylic acids is 1. The minimum atomic E-state index is 0.253. The van der Waals surface area contributed by atoms with Gasteiger partial charge in [0.1, 0.15) is 6.61 Å². The van der Waals surface area contributed by atoms with Gasteiger partial charge >= 0.3 is 0 Å². The summed E-state index contributed by atoms with van der Waals surface area (Å²) in [6.45, 7) is 6.58. The zero-order valence-corrected chi connectivity index (χ0v) is 9.92. The van der Waals surface area contributed by atoms with Crippen molar-refractivity contribution in [3.05, 3.63) is 0 Å². The molecule has 0 bridgehead atoms. The highest BCUT2D eigenvalue weighted by molar-refractivity contribution is 5.79. The van der Waals surface area contributed by atoms with Crippen LogP contribution in [-0.2, 0) is 9.53 Å². The first kappa shape index (κ1) is 12.7. The molecule has 1 N–H and O–H groups in total. The van der Waals surface area contributed by atoms with E-state index < -0.39 is 0 Å². The van der Waals surface area contributed by atoms with Crippen molar-refractivity contribution in [1.29, 1.82) is 0 Å². The Morgan fingerprint density at radius 3 is 2.73 bits per heavy atom. The number of piperidine rings is 1. The molecule has 1 fully saturated rings. The van der Waals surface area contributed by atoms with E-state index in [-0.39, 0.29) is 5.78 Å². The normalized spacial score (nSPS) is 20.1. The average molecular weight is 213 g/mol. The van der Waals surface area contributed by atoms with Gasteiger partial charge in [-0.15, -0.1) is 0 Å². The average Bonchev–Trinajstić information content (AvgIpc) is 2.27. The van der Waals surface area contributed by atoms with Crippen molar-refractivity contribution in [3.8, 4) is 0 Å². The molecular formula is C12H23NO2. The summed E-state index contributed by atoms with van der Waals surface area (Å²) in [6.07, 6.45) is 4.11. The Labute approximate surface area is 92.6 Å². The number of ketones is 1. The van der Waals surface area contributed by atoms with Crippen LogP contribution in [0.4, 0.5) is 0 Å². The Morgan fingerprint density at radius 2 is 2.13 bits per heavy atom. The molecule has 0 radical (unpaired) electrons. The number of ether oxygens (including phenoxy) is 1. The summed E-state index contributed by atoms with van der Waals surface area (Å²) < 4.78 is 5.60. The van der Waals surface area contributed by atoms with Crippen molar-refractivity contribution in [2.45, 2.75) is 45.6 Å². The van der Waals surface area contributed by atoms with Crippen LogP contribution in [0.15, 0.2) is 0 Å². The lowest BCUT2D eigenvalue weighted by Crippen LogP contribution is -2.33. The first-order valence-electron chi connectivity index (χ1n) is 6.06. The first-order valence-corrected chi connectivity index (χ1v) is 6.06. The molecule has 88 valence electrons. The van der Waals surface area contributed by atoms with E-state index in [1.165, 1.54) is 0 Å². The Hall–Kier alpha value is -0.410. The van der Waals surface area contributed by atoms with E-state index in [0.717, 1.165) is 32.4 Å². The van der Waals surface area contributed by atoms with E-state index in [1.54, 1.807) is 0 Å². The molecule has 0 aromatic carbocycles. The lowest BCUT2D eigenvalue weighted by atomic mass is 10.0. The zero-order chi connectivity index (χ0) is 11.1. The number of rotatable bonds is 6. The highest BCUT2D eigenvalue weighted by Crippen LogP contribution is 2.10. The van der Waals surface area contributed by atoms with Crippen LogP contribution >= 0.6 is 0 Å². The molecule has 3 nitrogen and oxygen atoms in total. The molecular weight excluding hydrogens is 190 g/mol. The van der Waals surface area contributed by atoms with Crippen LogP contribution in [0.1, 0.15) is 39.5 Å². The van der Waals surface area contributed by atoms with Crippen molar-refractivity contribution in [2.75, 3.05) is 19.7 Å². The highest BCUT2D eigenvalue weighted by atomic mass is 16.5. The molecule has 1 aliphatic heterocycles. The Morgan fingerprint density at radius 1 is 1.47 bits per heavy atom. The fourth-order valence-electron chi connectivity index (χ4n) is 1.76. The molecule has 0 amide bonds. The van der Waals surface area contributed by atoms with Gasteiger partial charge in [0.2, 0.25) is 0 Å². The van der Waals surface area contributed by atoms with Gasteiger partial charge in [0, 0.05) is 6.42 Å². The summed E-state index contributed by atoms with van der Waals surface area (Å²) in [5, 5.41) is 3.28. The second-order valence-corrected chi connectivity index (χ2v) is 4.52. The third kappa shape index (κ3) is 5.28. The maximum atomic E-state index is 11.5. The zero-order valence-electron chi connectivity index (χ0n) is 9.92. The van der Waals surface area contributed by atoms with Crippen LogP contribution in [0.5, 0.6) is 0 Å². The van der Waals surface area contributed by atoms with Crippen molar-refractivity contribution in [3.63, 3.8) is 0 Å². The molecule has 3 heteroatoms. The summed E-state index contributed by atoms with van der Waals surface area (Å²) in [7, 11) is 0. The topological polar surface area (TPSA) is 38.3 Å². The van der Waals surface area contributed by atoms with Crippen LogP contribution < -0.4 is 5.32 Å². The molecule has 1 heterocycles. The van der Waals surface area contributed by atoms with E-state index in [0.29, 0.717) is 25.0 Å². The van der Waals surface area contributed by atoms with Crippen molar-refractivity contribution in [2.24, 2.45) is 5.92 Å². The van der Waals surface area contributed by atoms with Gasteiger partial charge in [-0.1, -0.05) is 20.3 Å². The minimum absolute atomic E-state index is 0.253. The van der Waals surface area contributed by atoms with Crippen LogP contribution in [0.25, 0.3) is 0 Å². The van der Waals surface area contributed by atoms with Gasteiger partial charge in [0.05, 0.1) is 6.10 Å². The second-order valence-electron chi connectivity index (χ2n) is 4.52. The van der Waals surface area contributed by atoms with Gasteiger partial charge < -0.3 is 10.1 Å². The predicted octanol–water partition coefficient (Wildman–Crippen LogP) is 1.76. The molecule has 1 atom stereocenters. The minimum Gasteiger partial charge on any atom is -0.370 e. The SMILES string of the molecule is CCC(C)CC(=O)COC1CCNCC1. The van der Waals surface area contributed by atoms with Crippen molar-refractivity contribution in [1.82, 2.24) is 5.32 Å². The summed E-state index contributed by atoms with van der Waals surface area (Å²) in [5.41, 5.74) is 0. The lowest BCUT2D eigenvalue weighted by molar-refractivity contribution is -0.126. The van der Waals surface area contributed by atoms with Gasteiger partial charge in [-0.3, -0.25) is 4.79 Å². The van der Waals surface area contributed by atoms with Gasteiger partial charge in [0.15, 0.2) is 5.78 Å². The summed E-state index contributed by atoms with van der Waals surface area (Å²) >= 11 is 0. The molecule has 0 aliphatic carbocycles. The van der Waals surface area contributed by atoms with Gasteiger partial charge in [0.25, 0.3) is 0 Å². The quantitative estimate of drug-likeness (QED) is 0.730. The van der Waals surface area contributed by atoms with E-state index >= 15 is 0 Å². The standard InChI is InChI=1S/C12H23NO2/c1-3-10(2)8-11(14)9-15-12-4-6-13-7-5-12/h10,12-13H,3-9H2,1-2H3. The molecule has 1 rings (SSSR count). The van der Waals surface area contributed by atoms with Gasteiger partial charge in [-0.05, 0) is 31.8 Å². The fraction of sp³-hybridized carbons (Fsp3) is 0.917. The van der Waals surface area contributed by atoms with Crippen molar-refractivity contribution >= 4 is 5.78 Å². The predicted molar refractivity (Wildman–Crippen MR) is 60.9 cm³/mol. The molecule has 0 aromatic heterocycles. The largest absolute Gasteiger partial charge is 0.370 e. The summed E-state index contributed by atoms with van der Waals surface area (Å²) in [5.74, 6) is 0.747. The van der Waals surface area contributed by atoms with Crippen LogP contribution in [0.3, 0.4) is 0 Å². The number of hydrogen-bond acceptors (Lipinski definition) is 3. The third-order valence-corrected chi connectivity index (χ3v) is 3.04. The Bertz CT molecular complexity index is 188. The van der Waals surface area contributed by atoms with Crippen LogP contribution in [0.2, 0.25) is 0 Å². The monoisotopic (exact) mass is 213 g/mol. The molecule has 1 aliphatic rings. The third-order valence-electron chi connectivity index (χ3n) is 3.04. The highest BCUT2D eigenvalue weighted by Gasteiger charge is 2.15. The van der Waals surface area contributed by atoms with Crippen LogP contribution in [0, 0.1) is 5.92 Å². The Balaban J connectivity index is 2.10. The second kappa shape index (κ2) is 6.96. The molecule has 0 aromatic rings. The van der Waals surface area contributed by atoms with E-state index in [9.17, 15) is 4.79 Å². The maximum absolute atomic E-state index is 11.5.